The topological polar surface area (TPSA) is 24.1 Å². The van der Waals surface area contributed by atoms with Gasteiger partial charge in [0.05, 0.1) is 0 Å². The molecule has 2 N–H and O–H groups in total. The molecule has 0 aromatic carbocycles. The van der Waals surface area contributed by atoms with Gasteiger partial charge in [0.1, 0.15) is 0 Å². The van der Waals surface area contributed by atoms with Gasteiger partial charge in [0.25, 0.3) is 0 Å². The average Bonchev–Trinajstić information content (AvgIpc) is 2.43. The van der Waals surface area contributed by atoms with Gasteiger partial charge < -0.3 is 10.6 Å². The first kappa shape index (κ1) is 11.7. The van der Waals surface area contributed by atoms with Crippen molar-refractivity contribution in [3.63, 3.8) is 0 Å². The average molecular weight is 196 g/mol. The van der Waals surface area contributed by atoms with Crippen molar-refractivity contribution in [3.05, 3.63) is 12.7 Å². The highest BCUT2D eigenvalue weighted by atomic mass is 14.9. The predicted molar refractivity (Wildman–Crippen MR) is 62.5 cm³/mol. The fourth-order valence-electron chi connectivity index (χ4n) is 2.10. The van der Waals surface area contributed by atoms with Gasteiger partial charge in [-0.3, -0.25) is 0 Å². The molecule has 0 amide bonds. The number of hydrogen-bond acceptors (Lipinski definition) is 2. The molecule has 0 bridgehead atoms. The predicted octanol–water partition coefficient (Wildman–Crippen LogP) is 2.07. The smallest absolute Gasteiger partial charge is 0.0134 e. The van der Waals surface area contributed by atoms with Crippen LogP contribution in [0.25, 0.3) is 0 Å². The number of nitrogens with one attached hydrogen (secondary N) is 2. The second-order valence-corrected chi connectivity index (χ2v) is 4.33. The summed E-state index contributed by atoms with van der Waals surface area (Å²) < 4.78 is 0. The van der Waals surface area contributed by atoms with Gasteiger partial charge in [-0.05, 0) is 32.7 Å². The van der Waals surface area contributed by atoms with Crippen LogP contribution >= 0.6 is 0 Å². The van der Waals surface area contributed by atoms with Crippen molar-refractivity contribution >= 4 is 0 Å². The first-order chi connectivity index (χ1) is 6.83. The zero-order valence-corrected chi connectivity index (χ0v) is 9.39. The van der Waals surface area contributed by atoms with Crippen LogP contribution in [0.5, 0.6) is 0 Å². The molecule has 0 saturated carbocycles. The van der Waals surface area contributed by atoms with E-state index in [0.717, 1.165) is 12.6 Å². The Balaban J connectivity index is 2.16. The molecule has 2 atom stereocenters. The molecule has 2 heteroatoms. The summed E-state index contributed by atoms with van der Waals surface area (Å²) >= 11 is 0. The molecule has 0 aromatic heterocycles. The normalized spacial score (nSPS) is 25.4. The van der Waals surface area contributed by atoms with Gasteiger partial charge in [-0.25, -0.2) is 0 Å². The summed E-state index contributed by atoms with van der Waals surface area (Å²) in [4.78, 5) is 0. The van der Waals surface area contributed by atoms with Crippen LogP contribution in [0.3, 0.4) is 0 Å². The van der Waals surface area contributed by atoms with E-state index in [1.807, 2.05) is 6.08 Å². The van der Waals surface area contributed by atoms with Crippen molar-refractivity contribution in [3.8, 4) is 0 Å². The van der Waals surface area contributed by atoms with Gasteiger partial charge in [-0.2, -0.15) is 0 Å². The second kappa shape index (κ2) is 7.02. The molecule has 2 unspecified atom stereocenters. The zero-order valence-electron chi connectivity index (χ0n) is 9.39. The Morgan fingerprint density at radius 1 is 1.50 bits per heavy atom. The summed E-state index contributed by atoms with van der Waals surface area (Å²) in [6, 6.07) is 1.33. The monoisotopic (exact) mass is 196 g/mol. The van der Waals surface area contributed by atoms with Gasteiger partial charge in [0, 0.05) is 18.6 Å². The Kier molecular flexibility index (Phi) is 5.88. The molecule has 2 nitrogen and oxygen atoms in total. The summed E-state index contributed by atoms with van der Waals surface area (Å²) in [6.45, 7) is 8.11. The van der Waals surface area contributed by atoms with Gasteiger partial charge in [0.2, 0.25) is 0 Å². The Morgan fingerprint density at radius 3 is 3.14 bits per heavy atom. The lowest BCUT2D eigenvalue weighted by Crippen LogP contribution is -2.36. The van der Waals surface area contributed by atoms with E-state index in [0.29, 0.717) is 6.04 Å². The van der Waals surface area contributed by atoms with Gasteiger partial charge >= 0.3 is 0 Å². The second-order valence-electron chi connectivity index (χ2n) is 4.33. The third-order valence-corrected chi connectivity index (χ3v) is 2.91. The van der Waals surface area contributed by atoms with Crippen molar-refractivity contribution in [1.29, 1.82) is 0 Å². The standard InChI is InChI=1S/C12H24N2/c1-3-8-13-11(2)10-12-7-5-4-6-9-14-12/h3,11-14H,1,4-10H2,2H3. The summed E-state index contributed by atoms with van der Waals surface area (Å²) in [6.07, 6.45) is 8.67. The summed E-state index contributed by atoms with van der Waals surface area (Å²) in [5.41, 5.74) is 0. The van der Waals surface area contributed by atoms with E-state index in [9.17, 15) is 0 Å². The van der Waals surface area contributed by atoms with Crippen molar-refractivity contribution in [2.45, 2.75) is 51.1 Å². The maximum atomic E-state index is 3.72. The van der Waals surface area contributed by atoms with E-state index < -0.39 is 0 Å². The molecule has 1 aliphatic heterocycles. The molecule has 0 spiro atoms. The number of hydrogen-bond donors (Lipinski definition) is 2. The highest BCUT2D eigenvalue weighted by Gasteiger charge is 2.13. The SMILES string of the molecule is C=CCNC(C)CC1CCCCCN1. The van der Waals surface area contributed by atoms with E-state index in [2.05, 4.69) is 24.1 Å². The summed E-state index contributed by atoms with van der Waals surface area (Å²) in [5.74, 6) is 0. The lowest BCUT2D eigenvalue weighted by molar-refractivity contribution is 0.412. The third-order valence-electron chi connectivity index (χ3n) is 2.91. The van der Waals surface area contributed by atoms with Gasteiger partial charge in [-0.15, -0.1) is 6.58 Å². The van der Waals surface area contributed by atoms with Crippen LogP contribution in [0.1, 0.15) is 39.0 Å². The quantitative estimate of drug-likeness (QED) is 0.658. The van der Waals surface area contributed by atoms with Crippen LogP contribution < -0.4 is 10.6 Å². The third kappa shape index (κ3) is 4.77. The summed E-state index contributed by atoms with van der Waals surface area (Å²) in [7, 11) is 0. The van der Waals surface area contributed by atoms with Gasteiger partial charge in [0.15, 0.2) is 0 Å². The largest absolute Gasteiger partial charge is 0.314 e. The van der Waals surface area contributed by atoms with Crippen molar-refractivity contribution in [2.75, 3.05) is 13.1 Å². The summed E-state index contributed by atoms with van der Waals surface area (Å²) in [5, 5.41) is 7.07. The lowest BCUT2D eigenvalue weighted by Gasteiger charge is -2.20. The van der Waals surface area contributed by atoms with Crippen molar-refractivity contribution in [2.24, 2.45) is 0 Å². The zero-order chi connectivity index (χ0) is 10.2. The van der Waals surface area contributed by atoms with E-state index in [1.54, 1.807) is 0 Å². The first-order valence-corrected chi connectivity index (χ1v) is 5.90. The van der Waals surface area contributed by atoms with E-state index in [-0.39, 0.29) is 0 Å². The maximum absolute atomic E-state index is 3.72. The van der Waals surface area contributed by atoms with Crippen LogP contribution in [0.4, 0.5) is 0 Å². The van der Waals surface area contributed by atoms with Crippen molar-refractivity contribution < 1.29 is 0 Å². The van der Waals surface area contributed by atoms with Crippen LogP contribution in [0.2, 0.25) is 0 Å². The first-order valence-electron chi connectivity index (χ1n) is 5.90. The molecule has 0 aliphatic carbocycles. The Hall–Kier alpha value is -0.340. The molecule has 1 rings (SSSR count). The Morgan fingerprint density at radius 2 is 2.36 bits per heavy atom. The Bertz CT molecular complexity index is 148. The van der Waals surface area contributed by atoms with E-state index >= 15 is 0 Å². The van der Waals surface area contributed by atoms with Crippen molar-refractivity contribution in [1.82, 2.24) is 10.6 Å². The molecular weight excluding hydrogens is 172 g/mol. The van der Waals surface area contributed by atoms with Crippen LogP contribution in [-0.4, -0.2) is 25.2 Å². The maximum Gasteiger partial charge on any atom is 0.0134 e. The molecular formula is C12H24N2. The van der Waals surface area contributed by atoms with E-state index in [4.69, 9.17) is 0 Å². The molecule has 1 aliphatic rings. The highest BCUT2D eigenvalue weighted by Crippen LogP contribution is 2.12. The fourth-order valence-corrected chi connectivity index (χ4v) is 2.10. The van der Waals surface area contributed by atoms with Gasteiger partial charge in [-0.1, -0.05) is 18.9 Å². The number of rotatable bonds is 5. The molecule has 0 radical (unpaired) electrons. The fraction of sp³-hybridized carbons (Fsp3) is 0.833. The Labute approximate surface area is 88.2 Å². The highest BCUT2D eigenvalue weighted by molar-refractivity contribution is 4.78. The van der Waals surface area contributed by atoms with Crippen LogP contribution in [0, 0.1) is 0 Å². The van der Waals surface area contributed by atoms with E-state index in [1.165, 1.54) is 38.6 Å². The lowest BCUT2D eigenvalue weighted by atomic mass is 10.0. The molecule has 1 fully saturated rings. The minimum atomic E-state index is 0.601. The van der Waals surface area contributed by atoms with Crippen LogP contribution in [-0.2, 0) is 0 Å². The minimum Gasteiger partial charge on any atom is -0.314 e. The van der Waals surface area contributed by atoms with Crippen LogP contribution in [0.15, 0.2) is 12.7 Å². The minimum absolute atomic E-state index is 0.601. The molecule has 14 heavy (non-hydrogen) atoms. The molecule has 1 heterocycles. The molecule has 82 valence electrons. The molecule has 0 aromatic rings. The molecule has 1 saturated heterocycles.